The van der Waals surface area contributed by atoms with E-state index in [1.165, 1.54) is 17.5 Å². The van der Waals surface area contributed by atoms with Crippen molar-refractivity contribution in [3.05, 3.63) is 89.1 Å². The summed E-state index contributed by atoms with van der Waals surface area (Å²) in [6, 6.07) is 18.8. The number of amides is 2. The molecule has 2 amide bonds. The van der Waals surface area contributed by atoms with Gasteiger partial charge >= 0.3 is 0 Å². The third-order valence-electron chi connectivity index (χ3n) is 4.93. The van der Waals surface area contributed by atoms with Gasteiger partial charge in [0, 0.05) is 18.1 Å². The van der Waals surface area contributed by atoms with Gasteiger partial charge in [0.2, 0.25) is 0 Å². The molecule has 4 rings (SSSR count). The van der Waals surface area contributed by atoms with Crippen LogP contribution in [0.25, 0.3) is 10.1 Å². The molecule has 0 saturated heterocycles. The second-order valence-corrected chi connectivity index (χ2v) is 9.37. The number of aromatic nitrogens is 1. The number of carbonyl (C=O) groups excluding carboxylic acids is 2. The summed E-state index contributed by atoms with van der Waals surface area (Å²) in [5, 5.41) is 6.83. The van der Waals surface area contributed by atoms with Crippen LogP contribution in [0.1, 0.15) is 46.4 Å². The molecule has 0 aliphatic heterocycles. The lowest BCUT2D eigenvalue weighted by atomic mass is 9.87. The quantitative estimate of drug-likeness (QED) is 0.412. The van der Waals surface area contributed by atoms with Crippen LogP contribution in [0.15, 0.2) is 73.1 Å². The maximum absolute atomic E-state index is 12.9. The molecule has 2 aromatic heterocycles. The Kier molecular flexibility index (Phi) is 5.57. The average Bonchev–Trinajstić information content (AvgIpc) is 3.20. The fourth-order valence-corrected chi connectivity index (χ4v) is 4.24. The number of benzene rings is 2. The zero-order chi connectivity index (χ0) is 22.0. The van der Waals surface area contributed by atoms with E-state index in [1.54, 1.807) is 18.3 Å². The van der Waals surface area contributed by atoms with E-state index in [2.05, 4.69) is 42.5 Å². The predicted octanol–water partition coefficient (Wildman–Crippen LogP) is 6.10. The number of fused-ring (bicyclic) bond motifs is 1. The average molecular weight is 430 g/mol. The first kappa shape index (κ1) is 20.8. The second kappa shape index (κ2) is 8.32. The Morgan fingerprint density at radius 3 is 2.45 bits per heavy atom. The van der Waals surface area contributed by atoms with Gasteiger partial charge in [-0.05, 0) is 52.8 Å². The summed E-state index contributed by atoms with van der Waals surface area (Å²) in [5.41, 5.74) is 3.07. The van der Waals surface area contributed by atoms with Crippen LogP contribution >= 0.6 is 11.3 Å². The SMILES string of the molecule is CC(C)(C)c1cccc(NC(=O)c2cc3cccc(NC(=O)c4cccnc4)c3s2)c1. The number of rotatable bonds is 4. The van der Waals surface area contributed by atoms with Crippen LogP contribution in [0.2, 0.25) is 0 Å². The molecule has 0 saturated carbocycles. The number of thiophene rings is 1. The van der Waals surface area contributed by atoms with Crippen molar-refractivity contribution in [2.45, 2.75) is 26.2 Å². The summed E-state index contributed by atoms with van der Waals surface area (Å²) < 4.78 is 0.855. The lowest BCUT2D eigenvalue weighted by Crippen LogP contribution is -2.14. The maximum Gasteiger partial charge on any atom is 0.265 e. The van der Waals surface area contributed by atoms with Crippen LogP contribution in [0.4, 0.5) is 11.4 Å². The number of hydrogen-bond acceptors (Lipinski definition) is 4. The normalized spacial score (nSPS) is 11.3. The van der Waals surface area contributed by atoms with Gasteiger partial charge in [-0.3, -0.25) is 14.6 Å². The zero-order valence-corrected chi connectivity index (χ0v) is 18.4. The van der Waals surface area contributed by atoms with Crippen molar-refractivity contribution in [2.75, 3.05) is 10.6 Å². The van der Waals surface area contributed by atoms with Gasteiger partial charge in [0.05, 0.1) is 20.8 Å². The molecule has 0 radical (unpaired) electrons. The van der Waals surface area contributed by atoms with Gasteiger partial charge < -0.3 is 10.6 Å². The fraction of sp³-hybridized carbons (Fsp3) is 0.160. The molecule has 5 nitrogen and oxygen atoms in total. The molecule has 0 atom stereocenters. The number of anilines is 2. The molecule has 0 spiro atoms. The monoisotopic (exact) mass is 429 g/mol. The highest BCUT2D eigenvalue weighted by atomic mass is 32.1. The van der Waals surface area contributed by atoms with E-state index < -0.39 is 0 Å². The summed E-state index contributed by atoms with van der Waals surface area (Å²) in [4.78, 5) is 30.0. The molecule has 0 aliphatic carbocycles. The van der Waals surface area contributed by atoms with Crippen molar-refractivity contribution >= 4 is 44.6 Å². The van der Waals surface area contributed by atoms with E-state index in [9.17, 15) is 9.59 Å². The smallest absolute Gasteiger partial charge is 0.265 e. The number of nitrogens with zero attached hydrogens (tertiary/aromatic N) is 1. The summed E-state index contributed by atoms with van der Waals surface area (Å²) in [7, 11) is 0. The molecular weight excluding hydrogens is 406 g/mol. The van der Waals surface area contributed by atoms with Crippen molar-refractivity contribution in [3.8, 4) is 0 Å². The third-order valence-corrected chi connectivity index (χ3v) is 6.11. The Morgan fingerprint density at radius 2 is 1.71 bits per heavy atom. The first-order valence-electron chi connectivity index (χ1n) is 9.97. The highest BCUT2D eigenvalue weighted by Gasteiger charge is 2.17. The van der Waals surface area contributed by atoms with E-state index >= 15 is 0 Å². The summed E-state index contributed by atoms with van der Waals surface area (Å²) in [5.74, 6) is -0.407. The largest absolute Gasteiger partial charge is 0.321 e. The van der Waals surface area contributed by atoms with Crippen LogP contribution in [-0.2, 0) is 5.41 Å². The van der Waals surface area contributed by atoms with Gasteiger partial charge in [-0.2, -0.15) is 0 Å². The number of hydrogen-bond donors (Lipinski definition) is 2. The van der Waals surface area contributed by atoms with Gasteiger partial charge in [-0.25, -0.2) is 0 Å². The Morgan fingerprint density at radius 1 is 0.903 bits per heavy atom. The molecule has 156 valence electrons. The number of carbonyl (C=O) groups is 2. The highest BCUT2D eigenvalue weighted by molar-refractivity contribution is 7.21. The summed E-state index contributed by atoms with van der Waals surface area (Å²) >= 11 is 1.36. The molecule has 2 N–H and O–H groups in total. The lowest BCUT2D eigenvalue weighted by molar-refractivity contribution is 0.102. The van der Waals surface area contributed by atoms with Crippen LogP contribution < -0.4 is 10.6 Å². The minimum atomic E-state index is -0.237. The molecule has 2 heterocycles. The minimum Gasteiger partial charge on any atom is -0.321 e. The summed E-state index contributed by atoms with van der Waals surface area (Å²) in [6.07, 6.45) is 3.15. The Bertz CT molecular complexity index is 1260. The first-order chi connectivity index (χ1) is 14.8. The molecule has 0 unspecified atom stereocenters. The lowest BCUT2D eigenvalue weighted by Gasteiger charge is -2.19. The molecule has 2 aromatic carbocycles. The molecule has 0 bridgehead atoms. The number of nitrogens with one attached hydrogen (secondary N) is 2. The first-order valence-corrected chi connectivity index (χ1v) is 10.8. The van der Waals surface area contributed by atoms with Crippen LogP contribution in [-0.4, -0.2) is 16.8 Å². The predicted molar refractivity (Wildman–Crippen MR) is 127 cm³/mol. The molecular formula is C25H23N3O2S. The highest BCUT2D eigenvalue weighted by Crippen LogP contribution is 2.33. The van der Waals surface area contributed by atoms with E-state index in [4.69, 9.17) is 0 Å². The summed E-state index contributed by atoms with van der Waals surface area (Å²) in [6.45, 7) is 6.42. The van der Waals surface area contributed by atoms with E-state index in [-0.39, 0.29) is 17.2 Å². The van der Waals surface area contributed by atoms with E-state index in [1.807, 2.05) is 42.5 Å². The molecule has 31 heavy (non-hydrogen) atoms. The van der Waals surface area contributed by atoms with Gasteiger partial charge in [0.15, 0.2) is 0 Å². The Labute approximate surface area is 185 Å². The van der Waals surface area contributed by atoms with Crippen molar-refractivity contribution in [1.82, 2.24) is 4.98 Å². The topological polar surface area (TPSA) is 71.1 Å². The van der Waals surface area contributed by atoms with Crippen molar-refractivity contribution < 1.29 is 9.59 Å². The van der Waals surface area contributed by atoms with Crippen LogP contribution in [0, 0.1) is 0 Å². The molecule has 0 aliphatic rings. The van der Waals surface area contributed by atoms with Crippen molar-refractivity contribution in [3.63, 3.8) is 0 Å². The van der Waals surface area contributed by atoms with Gasteiger partial charge in [0.1, 0.15) is 0 Å². The van der Waals surface area contributed by atoms with Crippen molar-refractivity contribution in [1.29, 1.82) is 0 Å². The standard InChI is InChI=1S/C25H23N3O2S/c1-25(2,3)18-9-5-10-19(14-18)27-24(30)21-13-16-7-4-11-20(22(16)31-21)28-23(29)17-8-6-12-26-15-17/h4-15H,1-3H3,(H,27,30)(H,28,29). The van der Waals surface area contributed by atoms with E-state index in [0.717, 1.165) is 21.3 Å². The molecule has 0 fully saturated rings. The van der Waals surface area contributed by atoms with Gasteiger partial charge in [-0.1, -0.05) is 45.0 Å². The third kappa shape index (κ3) is 4.64. The Hall–Kier alpha value is -3.51. The number of pyridine rings is 1. The Balaban J connectivity index is 1.58. The van der Waals surface area contributed by atoms with Crippen LogP contribution in [0.5, 0.6) is 0 Å². The van der Waals surface area contributed by atoms with E-state index in [0.29, 0.717) is 16.1 Å². The van der Waals surface area contributed by atoms with Crippen molar-refractivity contribution in [2.24, 2.45) is 0 Å². The minimum absolute atomic E-state index is 0.000266. The molecule has 4 aromatic rings. The molecule has 6 heteroatoms. The second-order valence-electron chi connectivity index (χ2n) is 8.32. The fourth-order valence-electron chi connectivity index (χ4n) is 3.22. The van der Waals surface area contributed by atoms with Crippen LogP contribution in [0.3, 0.4) is 0 Å². The maximum atomic E-state index is 12.9. The van der Waals surface area contributed by atoms with Gasteiger partial charge in [-0.15, -0.1) is 11.3 Å². The van der Waals surface area contributed by atoms with Gasteiger partial charge in [0.25, 0.3) is 11.8 Å². The zero-order valence-electron chi connectivity index (χ0n) is 17.6.